The monoisotopic (exact) mass is 280 g/mol. The second-order valence-electron chi connectivity index (χ2n) is 4.48. The number of alkyl carbamates (subject to hydrolysis) is 1. The van der Waals surface area contributed by atoms with E-state index in [2.05, 4.69) is 17.6 Å². The smallest absolute Gasteiger partial charge is 0.407 e. The SMILES string of the molecule is CCNCc1ccc(OCC2CNC(=O)O2)c(OC)c1. The van der Waals surface area contributed by atoms with E-state index in [0.29, 0.717) is 24.7 Å². The predicted octanol–water partition coefficient (Wildman–Crippen LogP) is 1.29. The normalized spacial score (nSPS) is 17.5. The molecular weight excluding hydrogens is 260 g/mol. The molecule has 0 aliphatic carbocycles. The van der Waals surface area contributed by atoms with Crippen molar-refractivity contribution in [2.75, 3.05) is 26.8 Å². The molecule has 20 heavy (non-hydrogen) atoms. The molecule has 6 heteroatoms. The number of ether oxygens (including phenoxy) is 3. The summed E-state index contributed by atoms with van der Waals surface area (Å²) in [4.78, 5) is 10.9. The van der Waals surface area contributed by atoms with Gasteiger partial charge >= 0.3 is 6.09 Å². The molecule has 110 valence electrons. The molecule has 2 N–H and O–H groups in total. The first-order chi connectivity index (χ1) is 9.72. The summed E-state index contributed by atoms with van der Waals surface area (Å²) in [6, 6.07) is 5.80. The van der Waals surface area contributed by atoms with E-state index >= 15 is 0 Å². The third-order valence-electron chi connectivity index (χ3n) is 2.98. The van der Waals surface area contributed by atoms with Gasteiger partial charge in [-0.3, -0.25) is 0 Å². The highest BCUT2D eigenvalue weighted by Gasteiger charge is 2.23. The summed E-state index contributed by atoms with van der Waals surface area (Å²) >= 11 is 0. The Morgan fingerprint density at radius 2 is 2.30 bits per heavy atom. The highest BCUT2D eigenvalue weighted by Crippen LogP contribution is 2.28. The number of carbonyl (C=O) groups excluding carboxylic acids is 1. The molecule has 0 saturated carbocycles. The second kappa shape index (κ2) is 7.00. The fourth-order valence-electron chi connectivity index (χ4n) is 1.92. The minimum Gasteiger partial charge on any atom is -0.493 e. The van der Waals surface area contributed by atoms with E-state index in [1.165, 1.54) is 0 Å². The lowest BCUT2D eigenvalue weighted by Crippen LogP contribution is -2.22. The molecule has 1 saturated heterocycles. The van der Waals surface area contributed by atoms with Crippen molar-refractivity contribution in [2.45, 2.75) is 19.6 Å². The molecule has 1 unspecified atom stereocenters. The van der Waals surface area contributed by atoms with Crippen molar-refractivity contribution < 1.29 is 19.0 Å². The molecule has 1 aromatic rings. The lowest BCUT2D eigenvalue weighted by Gasteiger charge is -2.14. The van der Waals surface area contributed by atoms with Crippen molar-refractivity contribution in [3.63, 3.8) is 0 Å². The first kappa shape index (κ1) is 14.5. The first-order valence-corrected chi connectivity index (χ1v) is 6.67. The Bertz CT molecular complexity index is 464. The summed E-state index contributed by atoms with van der Waals surface area (Å²) in [5, 5.41) is 5.84. The van der Waals surface area contributed by atoms with Crippen LogP contribution in [0.3, 0.4) is 0 Å². The maximum atomic E-state index is 10.9. The van der Waals surface area contributed by atoms with Crippen LogP contribution in [0, 0.1) is 0 Å². The molecule has 1 aliphatic heterocycles. The van der Waals surface area contributed by atoms with Gasteiger partial charge in [-0.1, -0.05) is 13.0 Å². The number of nitrogens with one attached hydrogen (secondary N) is 2. The molecule has 1 amide bonds. The topological polar surface area (TPSA) is 68.8 Å². The summed E-state index contributed by atoms with van der Waals surface area (Å²) in [6.45, 7) is 4.55. The quantitative estimate of drug-likeness (QED) is 0.787. The Hall–Kier alpha value is -1.95. The van der Waals surface area contributed by atoms with Crippen LogP contribution in [0.15, 0.2) is 18.2 Å². The van der Waals surface area contributed by atoms with E-state index < -0.39 is 6.09 Å². The zero-order chi connectivity index (χ0) is 14.4. The highest BCUT2D eigenvalue weighted by molar-refractivity contribution is 5.69. The van der Waals surface area contributed by atoms with Gasteiger partial charge in [0.15, 0.2) is 17.6 Å². The van der Waals surface area contributed by atoms with Crippen LogP contribution in [-0.4, -0.2) is 39.0 Å². The first-order valence-electron chi connectivity index (χ1n) is 6.67. The Labute approximate surface area is 118 Å². The molecule has 1 atom stereocenters. The van der Waals surface area contributed by atoms with Crippen LogP contribution in [0.5, 0.6) is 11.5 Å². The Kier molecular flexibility index (Phi) is 5.06. The number of cyclic esters (lactones) is 1. The molecule has 1 aromatic carbocycles. The summed E-state index contributed by atoms with van der Waals surface area (Å²) in [6.07, 6.45) is -0.653. The van der Waals surface area contributed by atoms with Crippen LogP contribution in [0.2, 0.25) is 0 Å². The van der Waals surface area contributed by atoms with Gasteiger partial charge in [0.25, 0.3) is 0 Å². The predicted molar refractivity (Wildman–Crippen MR) is 74.1 cm³/mol. The fraction of sp³-hybridized carbons (Fsp3) is 0.500. The molecule has 1 fully saturated rings. The molecule has 0 spiro atoms. The molecule has 0 bridgehead atoms. The van der Waals surface area contributed by atoms with Crippen LogP contribution < -0.4 is 20.1 Å². The Morgan fingerprint density at radius 1 is 1.45 bits per heavy atom. The van der Waals surface area contributed by atoms with Crippen molar-refractivity contribution in [1.82, 2.24) is 10.6 Å². The Morgan fingerprint density at radius 3 is 2.95 bits per heavy atom. The van der Waals surface area contributed by atoms with Gasteiger partial charge in [0.05, 0.1) is 13.7 Å². The molecule has 6 nitrogen and oxygen atoms in total. The minimum absolute atomic E-state index is 0.256. The van der Waals surface area contributed by atoms with E-state index in [0.717, 1.165) is 18.7 Å². The summed E-state index contributed by atoms with van der Waals surface area (Å²) in [5.41, 5.74) is 1.13. The van der Waals surface area contributed by atoms with Crippen molar-refractivity contribution in [1.29, 1.82) is 0 Å². The lowest BCUT2D eigenvalue weighted by molar-refractivity contribution is 0.103. The van der Waals surface area contributed by atoms with Crippen LogP contribution in [0.4, 0.5) is 4.79 Å². The van der Waals surface area contributed by atoms with Crippen molar-refractivity contribution >= 4 is 6.09 Å². The fourth-order valence-corrected chi connectivity index (χ4v) is 1.92. The largest absolute Gasteiger partial charge is 0.493 e. The van der Waals surface area contributed by atoms with E-state index in [-0.39, 0.29) is 6.10 Å². The number of carbonyl (C=O) groups is 1. The van der Waals surface area contributed by atoms with Crippen molar-refractivity contribution in [3.05, 3.63) is 23.8 Å². The van der Waals surface area contributed by atoms with Crippen LogP contribution in [0.25, 0.3) is 0 Å². The van der Waals surface area contributed by atoms with Gasteiger partial charge in [0.2, 0.25) is 0 Å². The number of benzene rings is 1. The highest BCUT2D eigenvalue weighted by atomic mass is 16.6. The maximum Gasteiger partial charge on any atom is 0.407 e. The van der Waals surface area contributed by atoms with Crippen LogP contribution in [0.1, 0.15) is 12.5 Å². The lowest BCUT2D eigenvalue weighted by atomic mass is 10.2. The summed E-state index contributed by atoms with van der Waals surface area (Å²) < 4.78 is 16.0. The van der Waals surface area contributed by atoms with Crippen molar-refractivity contribution in [3.8, 4) is 11.5 Å². The zero-order valence-electron chi connectivity index (χ0n) is 11.8. The molecule has 1 aliphatic rings. The number of rotatable bonds is 7. The van der Waals surface area contributed by atoms with Gasteiger partial charge in [-0.2, -0.15) is 0 Å². The number of hydrogen-bond donors (Lipinski definition) is 2. The number of amides is 1. The third-order valence-corrected chi connectivity index (χ3v) is 2.98. The third kappa shape index (κ3) is 3.77. The van der Waals surface area contributed by atoms with Gasteiger partial charge in [-0.15, -0.1) is 0 Å². The van der Waals surface area contributed by atoms with Crippen molar-refractivity contribution in [2.24, 2.45) is 0 Å². The molecule has 0 radical (unpaired) electrons. The van der Waals surface area contributed by atoms with Gasteiger partial charge in [-0.25, -0.2) is 4.79 Å². The molecule has 0 aromatic heterocycles. The molecule has 1 heterocycles. The van der Waals surface area contributed by atoms with Crippen LogP contribution >= 0.6 is 0 Å². The molecular formula is C14H20N2O4. The van der Waals surface area contributed by atoms with Gasteiger partial charge in [0, 0.05) is 6.54 Å². The van der Waals surface area contributed by atoms with E-state index in [1.54, 1.807) is 7.11 Å². The minimum atomic E-state index is -0.397. The summed E-state index contributed by atoms with van der Waals surface area (Å²) in [5.74, 6) is 1.33. The van der Waals surface area contributed by atoms with E-state index in [9.17, 15) is 4.79 Å². The maximum absolute atomic E-state index is 10.9. The average molecular weight is 280 g/mol. The second-order valence-corrected chi connectivity index (χ2v) is 4.48. The summed E-state index contributed by atoms with van der Waals surface area (Å²) in [7, 11) is 1.61. The van der Waals surface area contributed by atoms with Gasteiger partial charge in [0.1, 0.15) is 6.61 Å². The van der Waals surface area contributed by atoms with Gasteiger partial charge in [-0.05, 0) is 24.2 Å². The standard InChI is InChI=1S/C14H20N2O4/c1-3-15-7-10-4-5-12(13(6-10)18-2)19-9-11-8-16-14(17)20-11/h4-6,11,15H,3,7-9H2,1-2H3,(H,16,17). The van der Waals surface area contributed by atoms with Crippen LogP contribution in [-0.2, 0) is 11.3 Å². The number of hydrogen-bond acceptors (Lipinski definition) is 5. The zero-order valence-corrected chi connectivity index (χ0v) is 11.8. The molecule has 2 rings (SSSR count). The Balaban J connectivity index is 1.94. The number of methoxy groups -OCH3 is 1. The van der Waals surface area contributed by atoms with Gasteiger partial charge < -0.3 is 24.8 Å². The van der Waals surface area contributed by atoms with E-state index in [1.807, 2.05) is 18.2 Å². The average Bonchev–Trinajstić information content (AvgIpc) is 2.88. The van der Waals surface area contributed by atoms with E-state index in [4.69, 9.17) is 14.2 Å².